The van der Waals surface area contributed by atoms with Crippen LogP contribution in [-0.4, -0.2) is 16.6 Å². The van der Waals surface area contributed by atoms with Gasteiger partial charge in [-0.15, -0.1) is 0 Å². The molecule has 0 unspecified atom stereocenters. The molecule has 0 radical (unpaired) electrons. The fourth-order valence-electron chi connectivity index (χ4n) is 2.05. The van der Waals surface area contributed by atoms with E-state index in [1.54, 1.807) is 41.1 Å². The molecule has 1 heterocycles. The van der Waals surface area contributed by atoms with E-state index in [4.69, 9.17) is 4.74 Å². The maximum atomic E-state index is 11.9. The molecule has 4 heteroatoms. The summed E-state index contributed by atoms with van der Waals surface area (Å²) in [6.45, 7) is 6.00. The fraction of sp³-hybridized carbons (Fsp3) is 0.294. The van der Waals surface area contributed by atoms with Crippen LogP contribution in [0, 0.1) is 6.92 Å². The van der Waals surface area contributed by atoms with Crippen molar-refractivity contribution in [3.05, 3.63) is 69.6 Å². The zero-order chi connectivity index (χ0) is 15.4. The molecule has 0 aliphatic heterocycles. The molecular weight excluding hydrogens is 266 g/mol. The van der Waals surface area contributed by atoms with Crippen molar-refractivity contribution in [3.63, 3.8) is 0 Å². The lowest BCUT2D eigenvalue weighted by Crippen LogP contribution is -2.19. The van der Waals surface area contributed by atoms with Crippen molar-refractivity contribution < 1.29 is 9.53 Å². The van der Waals surface area contributed by atoms with E-state index in [1.165, 1.54) is 0 Å². The first-order valence-corrected chi connectivity index (χ1v) is 6.93. The predicted molar refractivity (Wildman–Crippen MR) is 81.5 cm³/mol. The highest BCUT2D eigenvalue weighted by Gasteiger charge is 2.09. The van der Waals surface area contributed by atoms with E-state index in [1.807, 2.05) is 26.8 Å². The van der Waals surface area contributed by atoms with Crippen LogP contribution in [0.25, 0.3) is 0 Å². The molecule has 0 bridgehead atoms. The normalized spacial score (nSPS) is 10.7. The minimum Gasteiger partial charge on any atom is -0.459 e. The van der Waals surface area contributed by atoms with Gasteiger partial charge < -0.3 is 9.30 Å². The van der Waals surface area contributed by atoms with Crippen LogP contribution in [0.15, 0.2) is 47.4 Å². The van der Waals surface area contributed by atoms with E-state index >= 15 is 0 Å². The average molecular weight is 285 g/mol. The maximum Gasteiger partial charge on any atom is 0.338 e. The molecule has 0 amide bonds. The van der Waals surface area contributed by atoms with Crippen molar-refractivity contribution in [2.24, 2.45) is 0 Å². The van der Waals surface area contributed by atoms with Gasteiger partial charge in [0.25, 0.3) is 5.56 Å². The summed E-state index contributed by atoms with van der Waals surface area (Å²) < 4.78 is 6.80. The predicted octanol–water partition coefficient (Wildman–Crippen LogP) is 2.77. The number of esters is 1. The Kier molecular flexibility index (Phi) is 4.58. The first-order valence-electron chi connectivity index (χ1n) is 6.93. The third-order valence-electron chi connectivity index (χ3n) is 2.99. The number of aromatic nitrogens is 1. The molecule has 0 saturated carbocycles. The van der Waals surface area contributed by atoms with Gasteiger partial charge in [-0.1, -0.05) is 18.2 Å². The highest BCUT2D eigenvalue weighted by atomic mass is 16.5. The number of carbonyl (C=O) groups is 1. The van der Waals surface area contributed by atoms with Crippen LogP contribution >= 0.6 is 0 Å². The van der Waals surface area contributed by atoms with Gasteiger partial charge >= 0.3 is 5.97 Å². The number of rotatable bonds is 4. The largest absolute Gasteiger partial charge is 0.459 e. The molecule has 110 valence electrons. The third-order valence-corrected chi connectivity index (χ3v) is 2.99. The Morgan fingerprint density at radius 3 is 2.71 bits per heavy atom. The van der Waals surface area contributed by atoms with Gasteiger partial charge in [0.15, 0.2) is 0 Å². The smallest absolute Gasteiger partial charge is 0.338 e. The van der Waals surface area contributed by atoms with Crippen molar-refractivity contribution in [1.82, 2.24) is 4.57 Å². The van der Waals surface area contributed by atoms with E-state index < -0.39 is 0 Å². The van der Waals surface area contributed by atoms with Gasteiger partial charge in [-0.05, 0) is 44.0 Å². The highest BCUT2D eigenvalue weighted by Crippen LogP contribution is 2.09. The molecule has 0 spiro atoms. The first kappa shape index (κ1) is 15.0. The van der Waals surface area contributed by atoms with E-state index in [-0.39, 0.29) is 17.6 Å². The molecule has 0 fully saturated rings. The van der Waals surface area contributed by atoms with Crippen molar-refractivity contribution in [2.75, 3.05) is 0 Å². The average Bonchev–Trinajstić information content (AvgIpc) is 2.42. The first-order chi connectivity index (χ1) is 9.95. The quantitative estimate of drug-likeness (QED) is 0.812. The van der Waals surface area contributed by atoms with Crippen LogP contribution < -0.4 is 5.56 Å². The van der Waals surface area contributed by atoms with Crippen LogP contribution in [0.4, 0.5) is 0 Å². The zero-order valence-electron chi connectivity index (χ0n) is 12.5. The molecule has 1 aromatic heterocycles. The van der Waals surface area contributed by atoms with Gasteiger partial charge in [0.2, 0.25) is 0 Å². The lowest BCUT2D eigenvalue weighted by molar-refractivity contribution is 0.0378. The minimum atomic E-state index is -0.344. The van der Waals surface area contributed by atoms with E-state index in [9.17, 15) is 9.59 Å². The van der Waals surface area contributed by atoms with Crippen LogP contribution in [0.2, 0.25) is 0 Å². The summed E-state index contributed by atoms with van der Waals surface area (Å²) in [6.07, 6.45) is 1.65. The Bertz CT molecular complexity index is 701. The summed E-state index contributed by atoms with van der Waals surface area (Å²) in [5.41, 5.74) is 2.35. The van der Waals surface area contributed by atoms with E-state index in [2.05, 4.69) is 0 Å². The van der Waals surface area contributed by atoms with Crippen molar-refractivity contribution >= 4 is 5.97 Å². The number of hydrogen-bond acceptors (Lipinski definition) is 3. The molecule has 1 aromatic carbocycles. The lowest BCUT2D eigenvalue weighted by Gasteiger charge is -2.10. The van der Waals surface area contributed by atoms with E-state index in [0.717, 1.165) is 11.1 Å². The Morgan fingerprint density at radius 1 is 1.24 bits per heavy atom. The van der Waals surface area contributed by atoms with Crippen LogP contribution in [0.5, 0.6) is 0 Å². The van der Waals surface area contributed by atoms with Crippen LogP contribution in [-0.2, 0) is 11.3 Å². The Balaban J connectivity index is 2.23. The number of pyridine rings is 1. The Hall–Kier alpha value is -2.36. The molecular formula is C17H19NO3. The maximum absolute atomic E-state index is 11.9. The number of hydrogen-bond donors (Lipinski definition) is 0. The summed E-state index contributed by atoms with van der Waals surface area (Å²) in [5.74, 6) is -0.344. The van der Waals surface area contributed by atoms with Crippen LogP contribution in [0.3, 0.4) is 0 Å². The van der Waals surface area contributed by atoms with Gasteiger partial charge in [0.1, 0.15) is 0 Å². The number of benzene rings is 1. The number of carbonyl (C=O) groups excluding carboxylic acids is 1. The fourth-order valence-corrected chi connectivity index (χ4v) is 2.05. The molecule has 2 aromatic rings. The van der Waals surface area contributed by atoms with E-state index in [0.29, 0.717) is 12.1 Å². The zero-order valence-corrected chi connectivity index (χ0v) is 12.5. The SMILES string of the molecule is Cc1ccc(=O)n(Cc2cccc(C(=O)OC(C)C)c2)c1. The molecule has 0 saturated heterocycles. The van der Waals surface area contributed by atoms with Crippen molar-refractivity contribution in [3.8, 4) is 0 Å². The third kappa shape index (κ3) is 4.05. The monoisotopic (exact) mass is 285 g/mol. The molecule has 0 aliphatic carbocycles. The van der Waals surface area contributed by atoms with Gasteiger partial charge in [0.05, 0.1) is 18.2 Å². The minimum absolute atomic E-state index is 0.0595. The number of nitrogens with zero attached hydrogens (tertiary/aromatic N) is 1. The van der Waals surface area contributed by atoms with Crippen LogP contribution in [0.1, 0.15) is 35.3 Å². The summed E-state index contributed by atoms with van der Waals surface area (Å²) in [7, 11) is 0. The highest BCUT2D eigenvalue weighted by molar-refractivity contribution is 5.89. The van der Waals surface area contributed by atoms with Gasteiger partial charge in [-0.3, -0.25) is 4.79 Å². The molecule has 0 N–H and O–H groups in total. The summed E-state index contributed by atoms with van der Waals surface area (Å²) >= 11 is 0. The molecule has 4 nitrogen and oxygen atoms in total. The Labute approximate surface area is 124 Å². The molecule has 21 heavy (non-hydrogen) atoms. The van der Waals surface area contributed by atoms with Crippen molar-refractivity contribution in [2.45, 2.75) is 33.4 Å². The lowest BCUT2D eigenvalue weighted by atomic mass is 10.1. The topological polar surface area (TPSA) is 48.3 Å². The van der Waals surface area contributed by atoms with Gasteiger partial charge in [0, 0.05) is 12.3 Å². The van der Waals surface area contributed by atoms with Crippen molar-refractivity contribution in [1.29, 1.82) is 0 Å². The Morgan fingerprint density at radius 2 is 2.00 bits per heavy atom. The molecule has 0 aliphatic rings. The summed E-state index contributed by atoms with van der Waals surface area (Å²) in [6, 6.07) is 10.5. The molecule has 0 atom stereocenters. The second kappa shape index (κ2) is 6.39. The number of ether oxygens (including phenoxy) is 1. The summed E-state index contributed by atoms with van der Waals surface area (Å²) in [5, 5.41) is 0. The summed E-state index contributed by atoms with van der Waals surface area (Å²) in [4.78, 5) is 23.7. The second-order valence-corrected chi connectivity index (χ2v) is 5.33. The van der Waals surface area contributed by atoms with Gasteiger partial charge in [-0.25, -0.2) is 4.79 Å². The molecule has 2 rings (SSSR count). The number of aryl methyl sites for hydroxylation is 1. The standard InChI is InChI=1S/C17H19NO3/c1-12(2)21-17(20)15-6-4-5-14(9-15)11-18-10-13(3)7-8-16(18)19/h4-10,12H,11H2,1-3H3. The second-order valence-electron chi connectivity index (χ2n) is 5.33. The van der Waals surface area contributed by atoms with Gasteiger partial charge in [-0.2, -0.15) is 0 Å².